The van der Waals surface area contributed by atoms with Crippen molar-refractivity contribution >= 4 is 23.0 Å². The van der Waals surface area contributed by atoms with Gasteiger partial charge < -0.3 is 10.6 Å². The van der Waals surface area contributed by atoms with Crippen LogP contribution in [0.5, 0.6) is 0 Å². The van der Waals surface area contributed by atoms with Crippen LogP contribution in [-0.2, 0) is 6.42 Å². The fraction of sp³-hybridized carbons (Fsp3) is 0.136. The first-order valence-electron chi connectivity index (χ1n) is 8.44. The molecule has 126 valence electrons. The number of nitrogens with one attached hydrogen (secondary N) is 2. The molecule has 0 bridgehead atoms. The van der Waals surface area contributed by atoms with E-state index in [1.165, 1.54) is 16.7 Å². The Balaban J connectivity index is 1.72. The number of rotatable bonds is 5. The van der Waals surface area contributed by atoms with E-state index in [1.807, 2.05) is 24.3 Å². The van der Waals surface area contributed by atoms with Gasteiger partial charge in [0.1, 0.15) is 0 Å². The number of hydrogen-bond donors (Lipinski definition) is 2. The topological polar surface area (TPSA) is 24.1 Å². The zero-order valence-corrected chi connectivity index (χ0v) is 15.1. The Morgan fingerprint density at radius 2 is 1.44 bits per heavy atom. The molecule has 3 heteroatoms. The molecule has 0 saturated carbocycles. The van der Waals surface area contributed by atoms with Crippen LogP contribution in [0.25, 0.3) is 0 Å². The molecule has 0 aliphatic rings. The minimum atomic E-state index is 0.119. The maximum absolute atomic E-state index is 5.54. The van der Waals surface area contributed by atoms with Crippen molar-refractivity contribution in [1.29, 1.82) is 0 Å². The monoisotopic (exact) mass is 346 g/mol. The molecule has 0 spiro atoms. The summed E-state index contributed by atoms with van der Waals surface area (Å²) in [5, 5.41) is 7.37. The summed E-state index contributed by atoms with van der Waals surface area (Å²) in [4.78, 5) is 0. The quantitative estimate of drug-likeness (QED) is 0.616. The van der Waals surface area contributed by atoms with Gasteiger partial charge in [0.05, 0.1) is 6.04 Å². The third-order valence-corrected chi connectivity index (χ3v) is 4.32. The van der Waals surface area contributed by atoms with Crippen LogP contribution >= 0.6 is 12.2 Å². The molecule has 3 aromatic carbocycles. The summed E-state index contributed by atoms with van der Waals surface area (Å²) in [5.41, 5.74) is 4.73. The highest BCUT2D eigenvalue weighted by atomic mass is 32.1. The van der Waals surface area contributed by atoms with E-state index in [2.05, 4.69) is 78.2 Å². The van der Waals surface area contributed by atoms with Gasteiger partial charge in [-0.1, -0.05) is 78.4 Å². The molecule has 25 heavy (non-hydrogen) atoms. The Morgan fingerprint density at radius 1 is 0.840 bits per heavy atom. The largest absolute Gasteiger partial charge is 0.355 e. The highest BCUT2D eigenvalue weighted by Crippen LogP contribution is 2.19. The van der Waals surface area contributed by atoms with E-state index in [0.29, 0.717) is 5.11 Å². The lowest BCUT2D eigenvalue weighted by Gasteiger charge is -2.22. The van der Waals surface area contributed by atoms with Gasteiger partial charge in [-0.3, -0.25) is 0 Å². The Labute approximate surface area is 154 Å². The number of aryl methyl sites for hydroxylation is 1. The zero-order chi connectivity index (χ0) is 17.5. The highest BCUT2D eigenvalue weighted by Gasteiger charge is 2.13. The minimum absolute atomic E-state index is 0.119. The fourth-order valence-corrected chi connectivity index (χ4v) is 3.01. The second-order valence-corrected chi connectivity index (χ2v) is 6.53. The molecule has 0 fully saturated rings. The van der Waals surface area contributed by atoms with E-state index in [-0.39, 0.29) is 6.04 Å². The van der Waals surface area contributed by atoms with Crippen LogP contribution in [0.1, 0.15) is 22.7 Å². The predicted octanol–water partition coefficient (Wildman–Crippen LogP) is 5.27. The van der Waals surface area contributed by atoms with Gasteiger partial charge in [-0.2, -0.15) is 0 Å². The molecule has 0 saturated heterocycles. The molecule has 3 rings (SSSR count). The van der Waals surface area contributed by atoms with Gasteiger partial charge in [0.2, 0.25) is 0 Å². The van der Waals surface area contributed by atoms with E-state index in [0.717, 1.165) is 12.1 Å². The Hall–Kier alpha value is -2.65. The highest BCUT2D eigenvalue weighted by molar-refractivity contribution is 7.80. The van der Waals surface area contributed by atoms with Crippen LogP contribution in [0.2, 0.25) is 0 Å². The number of anilines is 1. The normalized spacial score (nSPS) is 11.6. The molecule has 1 atom stereocenters. The van der Waals surface area contributed by atoms with Gasteiger partial charge in [-0.25, -0.2) is 0 Å². The SMILES string of the molecule is Cc1ccc(NC(=S)NC(Cc2ccccc2)c2ccccc2)cc1. The summed E-state index contributed by atoms with van der Waals surface area (Å²) in [5.74, 6) is 0. The molecule has 0 aromatic heterocycles. The van der Waals surface area contributed by atoms with Gasteiger partial charge in [-0.15, -0.1) is 0 Å². The molecular weight excluding hydrogens is 324 g/mol. The summed E-state index contributed by atoms with van der Waals surface area (Å²) in [6.07, 6.45) is 0.876. The summed E-state index contributed by atoms with van der Waals surface area (Å²) in [6.45, 7) is 2.08. The molecule has 0 radical (unpaired) electrons. The first-order valence-corrected chi connectivity index (χ1v) is 8.84. The molecule has 0 heterocycles. The lowest BCUT2D eigenvalue weighted by molar-refractivity contribution is 0.648. The van der Waals surface area contributed by atoms with E-state index < -0.39 is 0 Å². The van der Waals surface area contributed by atoms with Gasteiger partial charge in [-0.05, 0) is 48.8 Å². The molecule has 0 amide bonds. The smallest absolute Gasteiger partial charge is 0.171 e. The van der Waals surface area contributed by atoms with Crippen LogP contribution in [-0.4, -0.2) is 5.11 Å². The van der Waals surface area contributed by atoms with Crippen molar-refractivity contribution < 1.29 is 0 Å². The maximum atomic E-state index is 5.54. The summed E-state index contributed by atoms with van der Waals surface area (Å²) in [6, 6.07) is 29.2. The third-order valence-electron chi connectivity index (χ3n) is 4.10. The predicted molar refractivity (Wildman–Crippen MR) is 110 cm³/mol. The van der Waals surface area contributed by atoms with Crippen molar-refractivity contribution in [1.82, 2.24) is 5.32 Å². The van der Waals surface area contributed by atoms with Crippen molar-refractivity contribution in [2.45, 2.75) is 19.4 Å². The summed E-state index contributed by atoms with van der Waals surface area (Å²) < 4.78 is 0. The minimum Gasteiger partial charge on any atom is -0.355 e. The second kappa shape index (κ2) is 8.45. The zero-order valence-electron chi connectivity index (χ0n) is 14.3. The lowest BCUT2D eigenvalue weighted by Crippen LogP contribution is -2.33. The van der Waals surface area contributed by atoms with Crippen LogP contribution in [0.4, 0.5) is 5.69 Å². The first kappa shape index (κ1) is 17.2. The number of benzene rings is 3. The molecule has 2 nitrogen and oxygen atoms in total. The standard InChI is InChI=1S/C22H22N2S/c1-17-12-14-20(15-13-17)23-22(25)24-21(19-10-6-3-7-11-19)16-18-8-4-2-5-9-18/h2-15,21H,16H2,1H3,(H2,23,24,25). The first-order chi connectivity index (χ1) is 12.2. The van der Waals surface area contributed by atoms with Gasteiger partial charge in [0.15, 0.2) is 5.11 Å². The maximum Gasteiger partial charge on any atom is 0.171 e. The van der Waals surface area contributed by atoms with E-state index in [1.54, 1.807) is 0 Å². The van der Waals surface area contributed by atoms with Gasteiger partial charge in [0, 0.05) is 5.69 Å². The van der Waals surface area contributed by atoms with Crippen molar-refractivity contribution in [3.05, 3.63) is 102 Å². The second-order valence-electron chi connectivity index (χ2n) is 6.12. The molecular formula is C22H22N2S. The Bertz CT molecular complexity index is 798. The van der Waals surface area contributed by atoms with Gasteiger partial charge in [0.25, 0.3) is 0 Å². The van der Waals surface area contributed by atoms with Crippen LogP contribution in [0, 0.1) is 6.92 Å². The van der Waals surface area contributed by atoms with Crippen molar-refractivity contribution in [3.63, 3.8) is 0 Å². The molecule has 0 aliphatic carbocycles. The lowest BCUT2D eigenvalue weighted by atomic mass is 9.99. The van der Waals surface area contributed by atoms with E-state index >= 15 is 0 Å². The van der Waals surface area contributed by atoms with E-state index in [4.69, 9.17) is 12.2 Å². The molecule has 0 aliphatic heterocycles. The van der Waals surface area contributed by atoms with Crippen molar-refractivity contribution in [2.75, 3.05) is 5.32 Å². The van der Waals surface area contributed by atoms with Crippen molar-refractivity contribution in [3.8, 4) is 0 Å². The average Bonchev–Trinajstić information content (AvgIpc) is 2.65. The van der Waals surface area contributed by atoms with Crippen LogP contribution in [0.3, 0.4) is 0 Å². The van der Waals surface area contributed by atoms with Crippen molar-refractivity contribution in [2.24, 2.45) is 0 Å². The van der Waals surface area contributed by atoms with E-state index in [9.17, 15) is 0 Å². The third kappa shape index (κ3) is 5.16. The number of hydrogen-bond acceptors (Lipinski definition) is 1. The Morgan fingerprint density at radius 3 is 2.08 bits per heavy atom. The van der Waals surface area contributed by atoms with Gasteiger partial charge >= 0.3 is 0 Å². The summed E-state index contributed by atoms with van der Waals surface area (Å²) in [7, 11) is 0. The van der Waals surface area contributed by atoms with Crippen LogP contribution < -0.4 is 10.6 Å². The summed E-state index contributed by atoms with van der Waals surface area (Å²) >= 11 is 5.54. The molecule has 1 unspecified atom stereocenters. The molecule has 2 N–H and O–H groups in total. The Kier molecular flexibility index (Phi) is 5.81. The fourth-order valence-electron chi connectivity index (χ4n) is 2.75. The molecule has 3 aromatic rings. The number of thiocarbonyl (C=S) groups is 1. The van der Waals surface area contributed by atoms with Crippen LogP contribution in [0.15, 0.2) is 84.9 Å². The average molecular weight is 346 g/mol.